The Kier molecular flexibility index (Phi) is 5.06. The van der Waals surface area contributed by atoms with Gasteiger partial charge in [-0.2, -0.15) is 0 Å². The number of carbonyl (C=O) groups excluding carboxylic acids is 1. The third kappa shape index (κ3) is 3.66. The van der Waals surface area contributed by atoms with E-state index in [4.69, 9.17) is 4.74 Å². The maximum absolute atomic E-state index is 14.2. The van der Waals surface area contributed by atoms with E-state index in [0.29, 0.717) is 31.6 Å². The zero-order valence-corrected chi connectivity index (χ0v) is 15.3. The summed E-state index contributed by atoms with van der Waals surface area (Å²) in [5.74, 6) is -1.86. The molecule has 2 fully saturated rings. The number of benzene rings is 2. The van der Waals surface area contributed by atoms with Crippen molar-refractivity contribution in [3.05, 3.63) is 70.8 Å². The Morgan fingerprint density at radius 2 is 1.74 bits per heavy atom. The van der Waals surface area contributed by atoms with Crippen molar-refractivity contribution in [1.29, 1.82) is 0 Å². The molecule has 2 aliphatic heterocycles. The second-order valence-electron chi connectivity index (χ2n) is 7.62. The number of hydrogen-bond acceptors (Lipinski definition) is 3. The number of halogens is 2. The minimum absolute atomic E-state index is 0.00870. The van der Waals surface area contributed by atoms with Crippen molar-refractivity contribution in [2.75, 3.05) is 13.2 Å². The topological polar surface area (TPSA) is 29.5 Å². The summed E-state index contributed by atoms with van der Waals surface area (Å²) in [4.78, 5) is 15.4. The molecular weight excluding hydrogens is 348 g/mol. The van der Waals surface area contributed by atoms with E-state index in [9.17, 15) is 13.6 Å². The number of carbonyl (C=O) groups is 1. The van der Waals surface area contributed by atoms with Gasteiger partial charge in [0.1, 0.15) is 11.6 Å². The number of fused-ring (bicyclic) bond motifs is 2. The quantitative estimate of drug-likeness (QED) is 0.757. The fraction of sp³-hybridized carbons (Fsp3) is 0.409. The average Bonchev–Trinajstić information content (AvgIpc) is 2.65. The molecule has 2 unspecified atom stereocenters. The first-order valence-electron chi connectivity index (χ1n) is 9.40. The lowest BCUT2D eigenvalue weighted by atomic mass is 9.80. The van der Waals surface area contributed by atoms with Gasteiger partial charge in [-0.3, -0.25) is 9.69 Å². The molecule has 0 aliphatic carbocycles. The first-order valence-corrected chi connectivity index (χ1v) is 9.40. The van der Waals surface area contributed by atoms with Gasteiger partial charge < -0.3 is 4.74 Å². The van der Waals surface area contributed by atoms with Crippen molar-refractivity contribution < 1.29 is 18.3 Å². The number of piperidine rings is 1. The van der Waals surface area contributed by atoms with Crippen LogP contribution in [0, 0.1) is 24.5 Å². The number of nitrogens with zero attached hydrogens (tertiary/aromatic N) is 1. The highest BCUT2D eigenvalue weighted by Crippen LogP contribution is 2.35. The molecule has 142 valence electrons. The molecule has 0 N–H and O–H groups in total. The van der Waals surface area contributed by atoms with Gasteiger partial charge in [0.25, 0.3) is 0 Å². The van der Waals surface area contributed by atoms with Crippen LogP contribution in [0.4, 0.5) is 8.78 Å². The summed E-state index contributed by atoms with van der Waals surface area (Å²) in [5.41, 5.74) is 1.54. The smallest absolute Gasteiger partial charge is 0.169 e. The monoisotopic (exact) mass is 371 g/mol. The molecule has 0 radical (unpaired) electrons. The van der Waals surface area contributed by atoms with Crippen molar-refractivity contribution in [1.82, 2.24) is 4.90 Å². The van der Waals surface area contributed by atoms with E-state index in [-0.39, 0.29) is 29.3 Å². The third-order valence-electron chi connectivity index (χ3n) is 5.76. The highest BCUT2D eigenvalue weighted by molar-refractivity contribution is 5.98. The summed E-state index contributed by atoms with van der Waals surface area (Å²) in [6.45, 7) is 3.54. The van der Waals surface area contributed by atoms with Gasteiger partial charge >= 0.3 is 0 Å². The normalized spacial score (nSPS) is 25.4. The Hall–Kier alpha value is -2.11. The van der Waals surface area contributed by atoms with Crippen LogP contribution in [-0.2, 0) is 11.3 Å². The number of morpholine rings is 1. The van der Waals surface area contributed by atoms with E-state index in [1.54, 1.807) is 6.92 Å². The maximum atomic E-state index is 14.2. The predicted octanol–water partition coefficient (Wildman–Crippen LogP) is 4.14. The Labute approximate surface area is 157 Å². The van der Waals surface area contributed by atoms with E-state index in [1.807, 2.05) is 18.2 Å². The standard InChI is InChI=1S/C22H23F2NO2/c1-14-7-19(21(24)10-20(14)23)22(26)16-8-17-12-27-13-18(9-16)25(17)11-15-5-3-2-4-6-15/h2-7,10,16-18H,8-9,11-13H2,1H3. The minimum atomic E-state index is -0.767. The fourth-order valence-electron chi connectivity index (χ4n) is 4.32. The van der Waals surface area contributed by atoms with Crippen LogP contribution in [0.15, 0.2) is 42.5 Å². The molecular formula is C22H23F2NO2. The predicted molar refractivity (Wildman–Crippen MR) is 98.5 cm³/mol. The average molecular weight is 371 g/mol. The molecule has 5 heteroatoms. The lowest BCUT2D eigenvalue weighted by molar-refractivity contribution is -0.0873. The van der Waals surface area contributed by atoms with Gasteiger partial charge in [-0.1, -0.05) is 30.3 Å². The molecule has 4 rings (SSSR count). The molecule has 2 saturated heterocycles. The van der Waals surface area contributed by atoms with Crippen LogP contribution in [-0.4, -0.2) is 36.0 Å². The summed E-state index contributed by atoms with van der Waals surface area (Å²) in [6.07, 6.45) is 1.27. The molecule has 0 spiro atoms. The van der Waals surface area contributed by atoms with Crippen molar-refractivity contribution in [2.24, 2.45) is 5.92 Å². The SMILES string of the molecule is Cc1cc(C(=O)C2CC3COCC(C2)N3Cc2ccccc2)c(F)cc1F. The Morgan fingerprint density at radius 3 is 2.41 bits per heavy atom. The van der Waals surface area contributed by atoms with Crippen LogP contribution in [0.1, 0.15) is 34.3 Å². The van der Waals surface area contributed by atoms with Crippen molar-refractivity contribution in [3.8, 4) is 0 Å². The second kappa shape index (κ2) is 7.49. The van der Waals surface area contributed by atoms with Crippen LogP contribution in [0.5, 0.6) is 0 Å². The van der Waals surface area contributed by atoms with Crippen LogP contribution in [0.25, 0.3) is 0 Å². The third-order valence-corrected chi connectivity index (χ3v) is 5.76. The molecule has 0 saturated carbocycles. The van der Waals surface area contributed by atoms with E-state index in [0.717, 1.165) is 12.6 Å². The van der Waals surface area contributed by atoms with Crippen LogP contribution < -0.4 is 0 Å². The molecule has 2 atom stereocenters. The van der Waals surface area contributed by atoms with Gasteiger partial charge in [0.15, 0.2) is 5.78 Å². The van der Waals surface area contributed by atoms with Crippen molar-refractivity contribution >= 4 is 5.78 Å². The van der Waals surface area contributed by atoms with E-state index >= 15 is 0 Å². The summed E-state index contributed by atoms with van der Waals surface area (Å²) >= 11 is 0. The summed E-state index contributed by atoms with van der Waals surface area (Å²) in [6, 6.07) is 12.7. The highest BCUT2D eigenvalue weighted by atomic mass is 19.1. The van der Waals surface area contributed by atoms with E-state index in [2.05, 4.69) is 17.0 Å². The van der Waals surface area contributed by atoms with Gasteiger partial charge in [-0.25, -0.2) is 8.78 Å². The van der Waals surface area contributed by atoms with E-state index < -0.39 is 11.6 Å². The van der Waals surface area contributed by atoms with Crippen molar-refractivity contribution in [3.63, 3.8) is 0 Å². The molecule has 2 aromatic rings. The number of Topliss-reactive ketones (excluding diaryl/α,β-unsaturated/α-hetero) is 1. The van der Waals surface area contributed by atoms with Gasteiger partial charge in [-0.05, 0) is 37.0 Å². The summed E-state index contributed by atoms with van der Waals surface area (Å²) in [7, 11) is 0. The van der Waals surface area contributed by atoms with Crippen LogP contribution in [0.3, 0.4) is 0 Å². The molecule has 27 heavy (non-hydrogen) atoms. The number of rotatable bonds is 4. The number of ketones is 1. The first-order chi connectivity index (χ1) is 13.0. The number of aryl methyl sites for hydroxylation is 1. The molecule has 2 aromatic carbocycles. The zero-order chi connectivity index (χ0) is 19.0. The fourth-order valence-corrected chi connectivity index (χ4v) is 4.32. The number of ether oxygens (including phenoxy) is 1. The van der Waals surface area contributed by atoms with Gasteiger partial charge in [0, 0.05) is 30.6 Å². The Morgan fingerprint density at radius 1 is 1.07 bits per heavy atom. The lowest BCUT2D eigenvalue weighted by Crippen LogP contribution is -2.57. The molecule has 2 heterocycles. The van der Waals surface area contributed by atoms with Gasteiger partial charge in [0.2, 0.25) is 0 Å². The van der Waals surface area contributed by atoms with Crippen LogP contribution in [0.2, 0.25) is 0 Å². The zero-order valence-electron chi connectivity index (χ0n) is 15.3. The molecule has 0 amide bonds. The Bertz CT molecular complexity index is 826. The molecule has 2 aliphatic rings. The molecule has 3 nitrogen and oxygen atoms in total. The second-order valence-corrected chi connectivity index (χ2v) is 7.62. The van der Waals surface area contributed by atoms with Crippen molar-refractivity contribution in [2.45, 2.75) is 38.4 Å². The Balaban J connectivity index is 1.53. The largest absolute Gasteiger partial charge is 0.378 e. The molecule has 2 bridgehead atoms. The minimum Gasteiger partial charge on any atom is -0.378 e. The highest BCUT2D eigenvalue weighted by Gasteiger charge is 2.41. The maximum Gasteiger partial charge on any atom is 0.169 e. The summed E-state index contributed by atoms with van der Waals surface area (Å²) < 4.78 is 33.5. The van der Waals surface area contributed by atoms with Gasteiger partial charge in [-0.15, -0.1) is 0 Å². The molecule has 0 aromatic heterocycles. The van der Waals surface area contributed by atoms with E-state index in [1.165, 1.54) is 11.6 Å². The summed E-state index contributed by atoms with van der Waals surface area (Å²) in [5, 5.41) is 0. The first kappa shape index (κ1) is 18.3. The van der Waals surface area contributed by atoms with Gasteiger partial charge in [0.05, 0.1) is 18.8 Å². The van der Waals surface area contributed by atoms with Crippen LogP contribution >= 0.6 is 0 Å². The number of hydrogen-bond donors (Lipinski definition) is 0. The lowest BCUT2D eigenvalue weighted by Gasteiger charge is -2.48.